The van der Waals surface area contributed by atoms with E-state index in [2.05, 4.69) is 24.2 Å². The van der Waals surface area contributed by atoms with Crippen molar-refractivity contribution < 1.29 is 14.3 Å². The van der Waals surface area contributed by atoms with Gasteiger partial charge in [-0.15, -0.1) is 5.10 Å². The van der Waals surface area contributed by atoms with Crippen LogP contribution in [0.1, 0.15) is 31.1 Å². The van der Waals surface area contributed by atoms with Gasteiger partial charge < -0.3 is 14.5 Å². The predicted molar refractivity (Wildman–Crippen MR) is 106 cm³/mol. The minimum atomic E-state index is -0.186. The molecule has 1 aliphatic rings. The molecule has 0 radical (unpaired) electrons. The summed E-state index contributed by atoms with van der Waals surface area (Å²) in [6.07, 6.45) is 0. The summed E-state index contributed by atoms with van der Waals surface area (Å²) in [5, 5.41) is 8.15. The molecule has 3 rings (SSSR count). The summed E-state index contributed by atoms with van der Waals surface area (Å²) in [4.78, 5) is 29.9. The van der Waals surface area contributed by atoms with E-state index in [0.717, 1.165) is 5.52 Å². The number of para-hydroxylation sites is 1. The molecule has 8 heteroatoms. The number of ether oxygens (including phenoxy) is 1. The summed E-state index contributed by atoms with van der Waals surface area (Å²) in [6.45, 7) is 8.03. The van der Waals surface area contributed by atoms with Crippen LogP contribution in [0.2, 0.25) is 0 Å². The third-order valence-electron chi connectivity index (χ3n) is 5.45. The van der Waals surface area contributed by atoms with Gasteiger partial charge in [-0.05, 0) is 18.1 Å². The van der Waals surface area contributed by atoms with Crippen molar-refractivity contribution in [2.75, 3.05) is 33.4 Å². The van der Waals surface area contributed by atoms with E-state index in [0.29, 0.717) is 37.3 Å². The van der Waals surface area contributed by atoms with Crippen molar-refractivity contribution in [3.63, 3.8) is 0 Å². The fourth-order valence-electron chi connectivity index (χ4n) is 3.91. The van der Waals surface area contributed by atoms with Crippen LogP contribution in [0.5, 0.6) is 0 Å². The minimum absolute atomic E-state index is 0.0354. The molecule has 0 N–H and O–H groups in total. The second kappa shape index (κ2) is 8.26. The van der Waals surface area contributed by atoms with Gasteiger partial charge in [0, 0.05) is 33.8 Å². The quantitative estimate of drug-likeness (QED) is 0.778. The van der Waals surface area contributed by atoms with Crippen LogP contribution in [0.4, 0.5) is 0 Å². The number of fused-ring (bicyclic) bond motifs is 1. The standard InChI is InChI=1S/C20H29N5O3/c1-13(2)17-11-24(19(26)14(3)12-28-5)9-10-25(17)20(27)15-7-6-8-16-18(15)23(4)22-21-16/h6-8,13-14,17H,9-12H2,1-5H3/t14-,17+/m0/s1. The molecule has 28 heavy (non-hydrogen) atoms. The molecule has 152 valence electrons. The van der Waals surface area contributed by atoms with Crippen molar-refractivity contribution in [2.45, 2.75) is 26.8 Å². The van der Waals surface area contributed by atoms with Crippen LogP contribution in [-0.4, -0.2) is 76.0 Å². The number of benzene rings is 1. The first-order valence-corrected chi connectivity index (χ1v) is 9.72. The molecule has 0 bridgehead atoms. The highest BCUT2D eigenvalue weighted by Crippen LogP contribution is 2.24. The summed E-state index contributed by atoms with van der Waals surface area (Å²) in [5.74, 6) is 0.0831. The Bertz CT molecular complexity index is 863. The van der Waals surface area contributed by atoms with Crippen LogP contribution < -0.4 is 0 Å². The zero-order valence-electron chi connectivity index (χ0n) is 17.3. The third kappa shape index (κ3) is 3.73. The number of piperazine rings is 1. The maximum Gasteiger partial charge on any atom is 0.256 e. The summed E-state index contributed by atoms with van der Waals surface area (Å²) in [6, 6.07) is 5.47. The molecular weight excluding hydrogens is 358 g/mol. The van der Waals surface area contributed by atoms with E-state index in [1.54, 1.807) is 18.8 Å². The van der Waals surface area contributed by atoms with E-state index < -0.39 is 0 Å². The van der Waals surface area contributed by atoms with Gasteiger partial charge in [0.05, 0.1) is 24.1 Å². The number of aromatic nitrogens is 3. The first-order chi connectivity index (χ1) is 13.3. The normalized spacial score (nSPS) is 18.7. The summed E-state index contributed by atoms with van der Waals surface area (Å²) in [7, 11) is 3.39. The van der Waals surface area contributed by atoms with E-state index >= 15 is 0 Å². The van der Waals surface area contributed by atoms with Crippen LogP contribution in [0.15, 0.2) is 18.2 Å². The van der Waals surface area contributed by atoms with E-state index in [-0.39, 0.29) is 29.7 Å². The SMILES string of the molecule is COC[C@H](C)C(=O)N1CCN(C(=O)c2cccc3nnn(C)c23)[C@@H](C(C)C)C1. The van der Waals surface area contributed by atoms with Crippen LogP contribution in [0.3, 0.4) is 0 Å². The number of aryl methyl sites for hydroxylation is 1. The molecule has 1 aromatic carbocycles. The van der Waals surface area contributed by atoms with Gasteiger partial charge in [0.2, 0.25) is 5.91 Å². The van der Waals surface area contributed by atoms with E-state index in [1.165, 1.54) is 0 Å². The lowest BCUT2D eigenvalue weighted by Crippen LogP contribution is -2.59. The fraction of sp³-hybridized carbons (Fsp3) is 0.600. The van der Waals surface area contributed by atoms with Gasteiger partial charge in [-0.25, -0.2) is 4.68 Å². The van der Waals surface area contributed by atoms with Gasteiger partial charge in [0.1, 0.15) is 11.0 Å². The first-order valence-electron chi connectivity index (χ1n) is 9.72. The Labute approximate surface area is 165 Å². The molecule has 1 fully saturated rings. The third-order valence-corrected chi connectivity index (χ3v) is 5.45. The van der Waals surface area contributed by atoms with Gasteiger partial charge in [0.25, 0.3) is 5.91 Å². The number of nitrogens with zero attached hydrogens (tertiary/aromatic N) is 5. The monoisotopic (exact) mass is 387 g/mol. The Morgan fingerprint density at radius 1 is 1.25 bits per heavy atom. The number of methoxy groups -OCH3 is 1. The molecule has 2 aromatic rings. The summed E-state index contributed by atoms with van der Waals surface area (Å²) < 4.78 is 6.76. The number of rotatable bonds is 5. The second-order valence-electron chi connectivity index (χ2n) is 7.84. The maximum absolute atomic E-state index is 13.4. The highest BCUT2D eigenvalue weighted by atomic mass is 16.5. The zero-order chi connectivity index (χ0) is 20.4. The van der Waals surface area contributed by atoms with Crippen molar-refractivity contribution in [1.82, 2.24) is 24.8 Å². The molecule has 2 amide bonds. The second-order valence-corrected chi connectivity index (χ2v) is 7.84. The highest BCUT2D eigenvalue weighted by Gasteiger charge is 2.36. The number of hydrogen-bond donors (Lipinski definition) is 0. The Balaban J connectivity index is 1.85. The molecule has 1 saturated heterocycles. The fourth-order valence-corrected chi connectivity index (χ4v) is 3.91. The number of hydrogen-bond acceptors (Lipinski definition) is 5. The molecule has 8 nitrogen and oxygen atoms in total. The average Bonchev–Trinajstić information content (AvgIpc) is 3.07. The van der Waals surface area contributed by atoms with Crippen molar-refractivity contribution in [3.8, 4) is 0 Å². The smallest absolute Gasteiger partial charge is 0.256 e. The van der Waals surface area contributed by atoms with Gasteiger partial charge in [-0.3, -0.25) is 9.59 Å². The van der Waals surface area contributed by atoms with Crippen LogP contribution in [0, 0.1) is 11.8 Å². The zero-order valence-corrected chi connectivity index (χ0v) is 17.3. The molecular formula is C20H29N5O3. The van der Waals surface area contributed by atoms with Gasteiger partial charge in [0.15, 0.2) is 0 Å². The average molecular weight is 387 g/mol. The lowest BCUT2D eigenvalue weighted by molar-refractivity contribution is -0.139. The Morgan fingerprint density at radius 2 is 2.00 bits per heavy atom. The van der Waals surface area contributed by atoms with Crippen LogP contribution in [-0.2, 0) is 16.6 Å². The van der Waals surface area contributed by atoms with Gasteiger partial charge >= 0.3 is 0 Å². The van der Waals surface area contributed by atoms with Gasteiger partial charge in [-0.1, -0.05) is 32.1 Å². The lowest BCUT2D eigenvalue weighted by Gasteiger charge is -2.44. The Hall–Kier alpha value is -2.48. The molecule has 0 aliphatic carbocycles. The Kier molecular flexibility index (Phi) is 5.98. The lowest BCUT2D eigenvalue weighted by atomic mass is 9.97. The van der Waals surface area contributed by atoms with E-state index in [4.69, 9.17) is 4.74 Å². The Morgan fingerprint density at radius 3 is 2.68 bits per heavy atom. The van der Waals surface area contributed by atoms with E-state index in [9.17, 15) is 9.59 Å². The first kappa shape index (κ1) is 20.3. The molecule has 0 saturated carbocycles. The van der Waals surface area contributed by atoms with Crippen LogP contribution >= 0.6 is 0 Å². The van der Waals surface area contributed by atoms with E-state index in [1.807, 2.05) is 34.9 Å². The molecule has 2 heterocycles. The topological polar surface area (TPSA) is 80.6 Å². The maximum atomic E-state index is 13.4. The number of carbonyl (C=O) groups is 2. The molecule has 1 aliphatic heterocycles. The number of carbonyl (C=O) groups excluding carboxylic acids is 2. The molecule has 2 atom stereocenters. The molecule has 0 unspecified atom stereocenters. The van der Waals surface area contributed by atoms with Crippen molar-refractivity contribution >= 4 is 22.8 Å². The van der Waals surface area contributed by atoms with Crippen molar-refractivity contribution in [1.29, 1.82) is 0 Å². The summed E-state index contributed by atoms with van der Waals surface area (Å²) >= 11 is 0. The largest absolute Gasteiger partial charge is 0.384 e. The van der Waals surface area contributed by atoms with Gasteiger partial charge in [-0.2, -0.15) is 0 Å². The molecule has 1 aromatic heterocycles. The number of amides is 2. The minimum Gasteiger partial charge on any atom is -0.384 e. The van der Waals surface area contributed by atoms with Crippen molar-refractivity contribution in [2.24, 2.45) is 18.9 Å². The predicted octanol–water partition coefficient (Wildman–Crippen LogP) is 1.56. The van der Waals surface area contributed by atoms with Crippen LogP contribution in [0.25, 0.3) is 11.0 Å². The molecule has 0 spiro atoms. The summed E-state index contributed by atoms with van der Waals surface area (Å²) in [5.41, 5.74) is 2.04. The highest BCUT2D eigenvalue weighted by molar-refractivity contribution is 6.05. The van der Waals surface area contributed by atoms with Crippen molar-refractivity contribution in [3.05, 3.63) is 23.8 Å².